The molecule has 0 fully saturated rings. The van der Waals surface area contributed by atoms with E-state index in [1.807, 2.05) is 42.5 Å². The Labute approximate surface area is 159 Å². The van der Waals surface area contributed by atoms with Crippen LogP contribution in [0.2, 0.25) is 0 Å². The Hall–Kier alpha value is -2.64. The molecule has 3 aromatic carbocycles. The van der Waals surface area contributed by atoms with Crippen LogP contribution in [0.3, 0.4) is 0 Å². The third kappa shape index (κ3) is 2.93. The van der Waals surface area contributed by atoms with Gasteiger partial charge in [-0.3, -0.25) is 9.36 Å². The second kappa shape index (κ2) is 6.21. The second-order valence-electron chi connectivity index (χ2n) is 7.79. The Morgan fingerprint density at radius 1 is 0.815 bits per heavy atom. The van der Waals surface area contributed by atoms with Crippen molar-refractivity contribution < 1.29 is 13.9 Å². The van der Waals surface area contributed by atoms with Gasteiger partial charge >= 0.3 is 7.37 Å². The van der Waals surface area contributed by atoms with Gasteiger partial charge in [0.25, 0.3) is 5.52 Å². The summed E-state index contributed by atoms with van der Waals surface area (Å²) >= 11 is 0. The predicted octanol–water partition coefficient (Wildman–Crippen LogP) is 5.79. The lowest BCUT2D eigenvalue weighted by Gasteiger charge is -2.27. The molecule has 3 aromatic rings. The van der Waals surface area contributed by atoms with Crippen molar-refractivity contribution in [1.82, 2.24) is 0 Å². The van der Waals surface area contributed by atoms with Gasteiger partial charge in [0, 0.05) is 11.1 Å². The van der Waals surface area contributed by atoms with Crippen molar-refractivity contribution in [2.24, 2.45) is 0 Å². The first-order valence-corrected chi connectivity index (χ1v) is 10.6. The maximum atomic E-state index is 13.8. The van der Waals surface area contributed by atoms with Crippen LogP contribution in [0.25, 0.3) is 11.1 Å². The molecule has 0 bridgehead atoms. The van der Waals surface area contributed by atoms with E-state index in [0.29, 0.717) is 16.6 Å². The van der Waals surface area contributed by atoms with E-state index in [1.54, 1.807) is 30.3 Å². The summed E-state index contributed by atoms with van der Waals surface area (Å²) in [5.74, 6) is 0.485. The first-order chi connectivity index (χ1) is 12.8. The highest BCUT2D eigenvalue weighted by Gasteiger charge is 2.43. The van der Waals surface area contributed by atoms with Crippen LogP contribution < -0.4 is 9.83 Å². The Bertz CT molecular complexity index is 1080. The number of carbonyl (C=O) groups is 1. The number of carbonyl (C=O) groups excluding carboxylic acids is 1. The normalized spacial score (nSPS) is 18.2. The maximum absolute atomic E-state index is 13.8. The van der Waals surface area contributed by atoms with E-state index in [0.717, 1.165) is 16.7 Å². The summed E-state index contributed by atoms with van der Waals surface area (Å²) < 4.78 is 19.7. The summed E-state index contributed by atoms with van der Waals surface area (Å²) in [6.45, 7) is 6.34. The molecule has 0 radical (unpaired) electrons. The molecule has 1 atom stereocenters. The zero-order chi connectivity index (χ0) is 19.2. The van der Waals surface area contributed by atoms with Gasteiger partial charge in [0.1, 0.15) is 5.75 Å². The molecule has 3 nitrogen and oxygen atoms in total. The molecule has 4 rings (SSSR count). The topological polar surface area (TPSA) is 43.4 Å². The van der Waals surface area contributed by atoms with E-state index in [2.05, 4.69) is 20.8 Å². The van der Waals surface area contributed by atoms with E-state index in [9.17, 15) is 9.36 Å². The molecule has 27 heavy (non-hydrogen) atoms. The van der Waals surface area contributed by atoms with Crippen molar-refractivity contribution >= 4 is 18.2 Å². The minimum atomic E-state index is -3.74. The minimum Gasteiger partial charge on any atom is -0.434 e. The van der Waals surface area contributed by atoms with Gasteiger partial charge in [0.2, 0.25) is 0 Å². The van der Waals surface area contributed by atoms with Gasteiger partial charge < -0.3 is 4.52 Å². The predicted molar refractivity (Wildman–Crippen MR) is 109 cm³/mol. The molecule has 1 heterocycles. The van der Waals surface area contributed by atoms with Gasteiger partial charge in [-0.25, -0.2) is 0 Å². The van der Waals surface area contributed by atoms with E-state index >= 15 is 0 Å². The number of hydrogen-bond acceptors (Lipinski definition) is 3. The molecule has 1 unspecified atom stereocenters. The molecule has 136 valence electrons. The lowest BCUT2D eigenvalue weighted by molar-refractivity contribution is 0.106. The number of para-hydroxylation sites is 1. The third-order valence-corrected chi connectivity index (χ3v) is 7.16. The van der Waals surface area contributed by atoms with Crippen molar-refractivity contribution in [3.05, 3.63) is 83.9 Å². The summed E-state index contributed by atoms with van der Waals surface area (Å²) in [4.78, 5) is 13.3. The van der Waals surface area contributed by atoms with E-state index in [4.69, 9.17) is 4.52 Å². The summed E-state index contributed by atoms with van der Waals surface area (Å²) in [5.41, 5.74) is 2.69. The van der Waals surface area contributed by atoms with Crippen LogP contribution in [0.5, 0.6) is 5.75 Å². The van der Waals surface area contributed by atoms with E-state index in [-0.39, 0.29) is 5.41 Å². The van der Waals surface area contributed by atoms with Crippen molar-refractivity contribution in [3.8, 4) is 16.9 Å². The minimum absolute atomic E-state index is 0.0151. The highest BCUT2D eigenvalue weighted by Crippen LogP contribution is 2.56. The number of rotatable bonds is 2. The van der Waals surface area contributed by atoms with Crippen molar-refractivity contribution in [1.29, 1.82) is 0 Å². The average Bonchev–Trinajstić information content (AvgIpc) is 2.67. The quantitative estimate of drug-likeness (QED) is 0.532. The van der Waals surface area contributed by atoms with Gasteiger partial charge in [0.05, 0.1) is 5.30 Å². The van der Waals surface area contributed by atoms with Crippen LogP contribution in [-0.2, 0) is 9.98 Å². The van der Waals surface area contributed by atoms with Crippen molar-refractivity contribution in [3.63, 3.8) is 0 Å². The van der Waals surface area contributed by atoms with Crippen LogP contribution in [0.1, 0.15) is 36.7 Å². The summed E-state index contributed by atoms with van der Waals surface area (Å²) in [6, 6.07) is 22.0. The van der Waals surface area contributed by atoms with Crippen LogP contribution in [0, 0.1) is 0 Å². The van der Waals surface area contributed by atoms with Gasteiger partial charge in [-0.1, -0.05) is 81.4 Å². The van der Waals surface area contributed by atoms with E-state index in [1.165, 1.54) is 0 Å². The maximum Gasteiger partial charge on any atom is 0.347 e. The SMILES string of the molecule is CC(C)(C)c1ccc(C(=O)P2(=O)Oc3ccccc3-c3ccccc32)cc1. The van der Waals surface area contributed by atoms with E-state index < -0.39 is 12.9 Å². The van der Waals surface area contributed by atoms with Gasteiger partial charge in [-0.05, 0) is 28.7 Å². The lowest BCUT2D eigenvalue weighted by Crippen LogP contribution is -2.23. The molecular weight excluding hydrogens is 355 g/mol. The standard InChI is InChI=1S/C23H21O3P/c1-23(2,3)17-14-12-16(13-15-17)22(24)27(25)21-11-7-5-9-19(21)18-8-4-6-10-20(18)26-27/h4-15H,1-3H3. The van der Waals surface area contributed by atoms with Crippen molar-refractivity contribution in [2.45, 2.75) is 26.2 Å². The molecular formula is C23H21O3P. The molecule has 0 saturated carbocycles. The molecule has 0 aromatic heterocycles. The Kier molecular flexibility index (Phi) is 4.09. The van der Waals surface area contributed by atoms with Crippen molar-refractivity contribution in [2.75, 3.05) is 0 Å². The van der Waals surface area contributed by atoms with Crippen LogP contribution in [-0.4, -0.2) is 5.52 Å². The third-order valence-electron chi connectivity index (χ3n) is 4.89. The fourth-order valence-corrected chi connectivity index (χ4v) is 5.47. The fraction of sp³-hybridized carbons (Fsp3) is 0.174. The molecule has 1 aliphatic rings. The summed E-state index contributed by atoms with van der Waals surface area (Å²) in [7, 11) is -3.74. The zero-order valence-electron chi connectivity index (χ0n) is 15.6. The number of fused-ring (bicyclic) bond motifs is 3. The lowest BCUT2D eigenvalue weighted by atomic mass is 9.87. The van der Waals surface area contributed by atoms with Crippen LogP contribution in [0.15, 0.2) is 72.8 Å². The Balaban J connectivity index is 1.82. The monoisotopic (exact) mass is 376 g/mol. The Morgan fingerprint density at radius 3 is 2.07 bits per heavy atom. The zero-order valence-corrected chi connectivity index (χ0v) is 16.5. The largest absolute Gasteiger partial charge is 0.434 e. The molecule has 0 N–H and O–H groups in total. The molecule has 0 amide bonds. The Morgan fingerprint density at radius 2 is 1.41 bits per heavy atom. The molecule has 0 aliphatic carbocycles. The van der Waals surface area contributed by atoms with Crippen LogP contribution >= 0.6 is 7.37 Å². The number of hydrogen-bond donors (Lipinski definition) is 0. The van der Waals surface area contributed by atoms with Gasteiger partial charge in [-0.2, -0.15) is 0 Å². The summed E-state index contributed by atoms with van der Waals surface area (Å²) in [5, 5.41) is 0.466. The molecule has 0 saturated heterocycles. The number of benzene rings is 3. The summed E-state index contributed by atoms with van der Waals surface area (Å²) in [6.07, 6.45) is 0. The highest BCUT2D eigenvalue weighted by molar-refractivity contribution is 7.84. The average molecular weight is 376 g/mol. The molecule has 1 aliphatic heterocycles. The smallest absolute Gasteiger partial charge is 0.347 e. The fourth-order valence-electron chi connectivity index (χ4n) is 3.35. The molecule has 0 spiro atoms. The van der Waals surface area contributed by atoms with Gasteiger partial charge in [-0.15, -0.1) is 0 Å². The molecule has 4 heteroatoms. The van der Waals surface area contributed by atoms with Gasteiger partial charge in [0.15, 0.2) is 0 Å². The highest BCUT2D eigenvalue weighted by atomic mass is 31.2. The second-order valence-corrected chi connectivity index (χ2v) is 9.96. The first kappa shape index (κ1) is 17.8. The van der Waals surface area contributed by atoms with Crippen LogP contribution in [0.4, 0.5) is 0 Å². The first-order valence-electron chi connectivity index (χ1n) is 8.95.